The van der Waals surface area contributed by atoms with Gasteiger partial charge in [0, 0.05) is 6.26 Å². The Balaban J connectivity index is 2.87. The highest BCUT2D eigenvalue weighted by Crippen LogP contribution is 2.15. The molecule has 0 saturated heterocycles. The summed E-state index contributed by atoms with van der Waals surface area (Å²) in [7, 11) is -3.46. The molecular weight excluding hydrogens is 220 g/mol. The van der Waals surface area contributed by atoms with Crippen LogP contribution in [0.15, 0.2) is 11.4 Å². The lowest BCUT2D eigenvalue weighted by molar-refractivity contribution is 0.111. The number of carbonyl (C=O) groups excluding carboxylic acids is 1. The van der Waals surface area contributed by atoms with Crippen LogP contribution in [0.1, 0.15) is 10.6 Å². The van der Waals surface area contributed by atoms with Crippen molar-refractivity contribution in [1.82, 2.24) is 19.9 Å². The second-order valence-corrected chi connectivity index (χ2v) is 4.82. The van der Waals surface area contributed by atoms with E-state index >= 15 is 0 Å². The molecule has 15 heavy (non-hydrogen) atoms. The van der Waals surface area contributed by atoms with Gasteiger partial charge in [-0.15, -0.1) is 0 Å². The molecule has 0 aliphatic rings. The van der Waals surface area contributed by atoms with Crippen molar-refractivity contribution >= 4 is 27.3 Å². The lowest BCUT2D eigenvalue weighted by Gasteiger charge is -1.96. The number of H-pyrrole nitrogens is 1. The number of hydrogen-bond donors (Lipinski definition) is 1. The molecule has 0 aliphatic heterocycles. The predicted octanol–water partition coefficient (Wildman–Crippen LogP) is -0.431. The van der Waals surface area contributed by atoms with Gasteiger partial charge in [-0.3, -0.25) is 4.79 Å². The third kappa shape index (κ3) is 1.59. The minimum absolute atomic E-state index is 0.0235. The molecule has 78 valence electrons. The molecule has 1 N–H and O–H groups in total. The Hall–Kier alpha value is -1.83. The van der Waals surface area contributed by atoms with Crippen LogP contribution in [-0.4, -0.2) is 40.9 Å². The van der Waals surface area contributed by atoms with Crippen LogP contribution in [0.2, 0.25) is 0 Å². The summed E-state index contributed by atoms with van der Waals surface area (Å²) in [6.07, 6.45) is 2.60. The number of hydrogen-bond acceptors (Lipinski definition) is 6. The van der Waals surface area contributed by atoms with Crippen molar-refractivity contribution in [3.8, 4) is 0 Å². The Morgan fingerprint density at radius 3 is 2.73 bits per heavy atom. The summed E-state index contributed by atoms with van der Waals surface area (Å²) < 4.78 is 22.6. The van der Waals surface area contributed by atoms with E-state index in [2.05, 4.69) is 19.9 Å². The molecule has 0 amide bonds. The molecule has 0 aliphatic carbocycles. The van der Waals surface area contributed by atoms with Crippen LogP contribution >= 0.6 is 0 Å². The minimum atomic E-state index is -3.46. The van der Waals surface area contributed by atoms with Gasteiger partial charge in [0.25, 0.3) is 0 Å². The highest BCUT2D eigenvalue weighted by molar-refractivity contribution is 7.90. The van der Waals surface area contributed by atoms with Gasteiger partial charge in [-0.25, -0.2) is 23.4 Å². The molecule has 7 nitrogen and oxygen atoms in total. The average Bonchev–Trinajstić information content (AvgIpc) is 2.57. The largest absolute Gasteiger partial charge is 0.332 e. The number of aldehydes is 1. The van der Waals surface area contributed by atoms with Crippen molar-refractivity contribution in [2.75, 3.05) is 6.26 Å². The SMILES string of the molecule is CS(=O)(=O)c1ncnc2nc(C=O)[nH]c12. The molecule has 0 atom stereocenters. The van der Waals surface area contributed by atoms with Crippen molar-refractivity contribution in [3.63, 3.8) is 0 Å². The van der Waals surface area contributed by atoms with Gasteiger partial charge in [0.15, 0.2) is 32.6 Å². The van der Waals surface area contributed by atoms with Crippen molar-refractivity contribution in [2.45, 2.75) is 5.03 Å². The van der Waals surface area contributed by atoms with E-state index < -0.39 is 9.84 Å². The van der Waals surface area contributed by atoms with Gasteiger partial charge in [-0.05, 0) is 0 Å². The molecule has 0 fully saturated rings. The number of nitrogens with zero attached hydrogens (tertiary/aromatic N) is 3. The van der Waals surface area contributed by atoms with Crippen LogP contribution in [0.5, 0.6) is 0 Å². The summed E-state index contributed by atoms with van der Waals surface area (Å²) in [5, 5.41) is -0.159. The van der Waals surface area contributed by atoms with Gasteiger partial charge in [0.05, 0.1) is 0 Å². The van der Waals surface area contributed by atoms with Gasteiger partial charge < -0.3 is 4.98 Å². The Morgan fingerprint density at radius 2 is 2.13 bits per heavy atom. The quantitative estimate of drug-likeness (QED) is 0.550. The number of fused-ring (bicyclic) bond motifs is 1. The van der Waals surface area contributed by atoms with E-state index in [9.17, 15) is 13.2 Å². The Labute approximate surface area is 84.5 Å². The maximum atomic E-state index is 11.3. The van der Waals surface area contributed by atoms with E-state index in [1.807, 2.05) is 0 Å². The number of sulfone groups is 1. The summed E-state index contributed by atoms with van der Waals surface area (Å²) in [5.41, 5.74) is 0.314. The lowest BCUT2D eigenvalue weighted by Crippen LogP contribution is -2.02. The van der Waals surface area contributed by atoms with Crippen molar-refractivity contribution in [1.29, 1.82) is 0 Å². The van der Waals surface area contributed by atoms with E-state index in [1.165, 1.54) is 0 Å². The monoisotopic (exact) mass is 226 g/mol. The van der Waals surface area contributed by atoms with Crippen LogP contribution in [0.25, 0.3) is 11.2 Å². The molecule has 2 heterocycles. The van der Waals surface area contributed by atoms with Crippen LogP contribution in [0.3, 0.4) is 0 Å². The number of nitrogens with one attached hydrogen (secondary N) is 1. The second kappa shape index (κ2) is 3.09. The van der Waals surface area contributed by atoms with Crippen molar-refractivity contribution in [3.05, 3.63) is 12.2 Å². The van der Waals surface area contributed by atoms with Gasteiger partial charge in [0.2, 0.25) is 0 Å². The van der Waals surface area contributed by atoms with E-state index in [1.54, 1.807) is 0 Å². The van der Waals surface area contributed by atoms with E-state index in [4.69, 9.17) is 0 Å². The summed E-state index contributed by atoms with van der Waals surface area (Å²) in [6.45, 7) is 0. The first-order valence-corrected chi connectivity index (χ1v) is 5.77. The van der Waals surface area contributed by atoms with E-state index in [-0.39, 0.29) is 22.0 Å². The molecule has 2 rings (SSSR count). The highest BCUT2D eigenvalue weighted by atomic mass is 32.2. The molecule has 0 saturated carbocycles. The zero-order chi connectivity index (χ0) is 11.1. The van der Waals surface area contributed by atoms with Gasteiger partial charge >= 0.3 is 0 Å². The maximum absolute atomic E-state index is 11.3. The number of carbonyl (C=O) groups is 1. The molecule has 0 unspecified atom stereocenters. The Bertz CT molecular complexity index is 631. The number of aromatic nitrogens is 4. The smallest absolute Gasteiger partial charge is 0.195 e. The zero-order valence-corrected chi connectivity index (χ0v) is 8.45. The summed E-state index contributed by atoms with van der Waals surface area (Å²) in [6, 6.07) is 0. The lowest BCUT2D eigenvalue weighted by atomic mass is 10.6. The van der Waals surface area contributed by atoms with Crippen molar-refractivity contribution in [2.24, 2.45) is 0 Å². The molecule has 8 heteroatoms. The van der Waals surface area contributed by atoms with Crippen LogP contribution < -0.4 is 0 Å². The van der Waals surface area contributed by atoms with Crippen LogP contribution in [0.4, 0.5) is 0 Å². The molecule has 0 bridgehead atoms. The summed E-state index contributed by atoms with van der Waals surface area (Å²) >= 11 is 0. The van der Waals surface area contributed by atoms with Gasteiger partial charge in [-0.1, -0.05) is 0 Å². The number of imidazole rings is 1. The highest BCUT2D eigenvalue weighted by Gasteiger charge is 2.17. The van der Waals surface area contributed by atoms with E-state index in [0.29, 0.717) is 6.29 Å². The Morgan fingerprint density at radius 1 is 1.40 bits per heavy atom. The Kier molecular flexibility index (Phi) is 2.00. The second-order valence-electron chi connectivity index (χ2n) is 2.89. The number of rotatable bonds is 2. The first-order chi connectivity index (χ1) is 7.02. The first-order valence-electron chi connectivity index (χ1n) is 3.88. The molecule has 2 aromatic heterocycles. The van der Waals surface area contributed by atoms with Crippen LogP contribution in [0, 0.1) is 0 Å². The number of aromatic amines is 1. The average molecular weight is 226 g/mol. The third-order valence-electron chi connectivity index (χ3n) is 1.73. The molecule has 0 aromatic carbocycles. The van der Waals surface area contributed by atoms with Crippen molar-refractivity contribution < 1.29 is 13.2 Å². The fourth-order valence-electron chi connectivity index (χ4n) is 1.16. The normalized spacial score (nSPS) is 11.8. The summed E-state index contributed by atoms with van der Waals surface area (Å²) in [5.74, 6) is 0.0235. The topological polar surface area (TPSA) is 106 Å². The van der Waals surface area contributed by atoms with Gasteiger partial charge in [0.1, 0.15) is 11.8 Å². The fraction of sp³-hybridized carbons (Fsp3) is 0.143. The van der Waals surface area contributed by atoms with Gasteiger partial charge in [-0.2, -0.15) is 0 Å². The first kappa shape index (κ1) is 9.71. The van der Waals surface area contributed by atoms with E-state index in [0.717, 1.165) is 12.6 Å². The predicted molar refractivity (Wildman–Crippen MR) is 50.2 cm³/mol. The van der Waals surface area contributed by atoms with Crippen LogP contribution in [-0.2, 0) is 9.84 Å². The molecule has 0 spiro atoms. The minimum Gasteiger partial charge on any atom is -0.332 e. The third-order valence-corrected chi connectivity index (χ3v) is 2.75. The molecular formula is C7H6N4O3S. The molecule has 2 aromatic rings. The zero-order valence-electron chi connectivity index (χ0n) is 7.63. The summed E-state index contributed by atoms with van der Waals surface area (Å²) in [4.78, 5) is 24.1. The standard InChI is InChI=1S/C7H6N4O3S/c1-15(13,14)7-5-6(8-3-9-7)11-4(2-12)10-5/h2-3H,1H3,(H,8,9,10,11). The molecule has 0 radical (unpaired) electrons. The fourth-order valence-corrected chi connectivity index (χ4v) is 1.91. The maximum Gasteiger partial charge on any atom is 0.195 e.